The number of esters is 1. The molecule has 0 spiro atoms. The van der Waals surface area contributed by atoms with Crippen molar-refractivity contribution in [1.82, 2.24) is 9.21 Å². The smallest absolute Gasteiger partial charge is 0.341 e. The van der Waals surface area contributed by atoms with Gasteiger partial charge in [0.2, 0.25) is 10.0 Å². The van der Waals surface area contributed by atoms with Crippen LogP contribution in [0.3, 0.4) is 0 Å². The number of ether oxygens (including phenoxy) is 1. The summed E-state index contributed by atoms with van der Waals surface area (Å²) < 4.78 is 32.7. The zero-order valence-corrected chi connectivity index (χ0v) is 23.7. The monoisotopic (exact) mass is 567 g/mol. The second kappa shape index (κ2) is 12.0. The van der Waals surface area contributed by atoms with Gasteiger partial charge in [-0.1, -0.05) is 30.3 Å². The molecule has 2 heterocycles. The zero-order chi connectivity index (χ0) is 27.4. The minimum atomic E-state index is -3.50. The van der Waals surface area contributed by atoms with Gasteiger partial charge in [0.1, 0.15) is 5.00 Å². The Morgan fingerprint density at radius 2 is 1.72 bits per heavy atom. The van der Waals surface area contributed by atoms with E-state index in [1.165, 1.54) is 15.6 Å². The van der Waals surface area contributed by atoms with Crippen LogP contribution in [0.15, 0.2) is 59.5 Å². The van der Waals surface area contributed by atoms with E-state index < -0.39 is 10.0 Å². The van der Waals surface area contributed by atoms with E-state index >= 15 is 0 Å². The SMILES string of the molecule is CCOC(=O)c1c(NC(=O)c2cccc(CN3CCN(S(=O)(=O)c4ccccc4)CC3)c2)sc2c1CCCC2. The summed E-state index contributed by atoms with van der Waals surface area (Å²) in [5, 5.41) is 3.55. The van der Waals surface area contributed by atoms with Crippen molar-refractivity contribution in [2.75, 3.05) is 38.1 Å². The molecule has 1 N–H and O–H groups in total. The number of nitrogens with one attached hydrogen (secondary N) is 1. The first-order valence-corrected chi connectivity index (χ1v) is 15.6. The highest BCUT2D eigenvalue weighted by Crippen LogP contribution is 2.38. The van der Waals surface area contributed by atoms with E-state index in [1.54, 1.807) is 43.3 Å². The molecule has 5 rings (SSSR count). The molecule has 10 heteroatoms. The van der Waals surface area contributed by atoms with Crippen molar-refractivity contribution in [3.63, 3.8) is 0 Å². The molecular weight excluding hydrogens is 534 g/mol. The summed E-state index contributed by atoms with van der Waals surface area (Å²) in [6.45, 7) is 4.71. The Balaban J connectivity index is 1.24. The second-order valence-corrected chi connectivity index (χ2v) is 12.8. The highest BCUT2D eigenvalue weighted by atomic mass is 32.2. The Morgan fingerprint density at radius 3 is 2.46 bits per heavy atom. The van der Waals surface area contributed by atoms with E-state index in [2.05, 4.69) is 10.2 Å². The number of piperazine rings is 1. The van der Waals surface area contributed by atoms with Crippen LogP contribution in [-0.2, 0) is 34.1 Å². The van der Waals surface area contributed by atoms with Crippen LogP contribution in [0.5, 0.6) is 0 Å². The van der Waals surface area contributed by atoms with Crippen LogP contribution in [-0.4, -0.2) is 62.3 Å². The molecule has 206 valence electrons. The maximum absolute atomic E-state index is 13.2. The topological polar surface area (TPSA) is 96.0 Å². The summed E-state index contributed by atoms with van der Waals surface area (Å²) in [6, 6.07) is 16.0. The van der Waals surface area contributed by atoms with Gasteiger partial charge in [0.15, 0.2) is 0 Å². The first-order chi connectivity index (χ1) is 18.9. The Kier molecular flexibility index (Phi) is 8.46. The minimum Gasteiger partial charge on any atom is -0.462 e. The molecule has 0 bridgehead atoms. The summed E-state index contributed by atoms with van der Waals surface area (Å²) in [6.07, 6.45) is 3.85. The third-order valence-electron chi connectivity index (χ3n) is 7.19. The van der Waals surface area contributed by atoms with E-state index in [-0.39, 0.29) is 18.5 Å². The molecule has 0 unspecified atom stereocenters. The lowest BCUT2D eigenvalue weighted by Gasteiger charge is -2.34. The van der Waals surface area contributed by atoms with Gasteiger partial charge in [-0.2, -0.15) is 4.31 Å². The van der Waals surface area contributed by atoms with Crippen LogP contribution in [0, 0.1) is 0 Å². The van der Waals surface area contributed by atoms with Crippen LogP contribution < -0.4 is 5.32 Å². The number of anilines is 1. The molecule has 1 aromatic heterocycles. The molecule has 0 radical (unpaired) electrons. The van der Waals surface area contributed by atoms with Gasteiger partial charge >= 0.3 is 5.97 Å². The van der Waals surface area contributed by atoms with Crippen molar-refractivity contribution in [1.29, 1.82) is 0 Å². The minimum absolute atomic E-state index is 0.264. The van der Waals surface area contributed by atoms with E-state index in [4.69, 9.17) is 4.74 Å². The Hall–Kier alpha value is -3.05. The molecule has 1 aliphatic heterocycles. The molecule has 1 saturated heterocycles. The van der Waals surface area contributed by atoms with Crippen LogP contribution in [0.25, 0.3) is 0 Å². The second-order valence-electron chi connectivity index (χ2n) is 9.78. The van der Waals surface area contributed by atoms with Crippen LogP contribution >= 0.6 is 11.3 Å². The standard InChI is InChI=1S/C29H33N3O5S2/c1-2-37-29(34)26-24-13-6-7-14-25(24)38-28(26)30-27(33)22-10-8-9-21(19-22)20-31-15-17-32(18-16-31)39(35,36)23-11-4-3-5-12-23/h3-5,8-12,19H,2,6-7,13-18,20H2,1H3,(H,30,33). The number of sulfonamides is 1. The molecule has 8 nitrogen and oxygen atoms in total. The number of carbonyl (C=O) groups is 2. The van der Waals surface area contributed by atoms with Crippen molar-refractivity contribution in [3.8, 4) is 0 Å². The third-order valence-corrected chi connectivity index (χ3v) is 10.3. The fourth-order valence-corrected chi connectivity index (χ4v) is 7.90. The van der Waals surface area contributed by atoms with Crippen LogP contribution in [0.1, 0.15) is 56.5 Å². The molecule has 0 atom stereocenters. The Morgan fingerprint density at radius 1 is 0.974 bits per heavy atom. The van der Waals surface area contributed by atoms with E-state index in [0.29, 0.717) is 53.7 Å². The lowest BCUT2D eigenvalue weighted by molar-refractivity contribution is 0.0526. The number of thiophene rings is 1. The van der Waals surface area contributed by atoms with Gasteiger partial charge in [0.25, 0.3) is 5.91 Å². The molecular formula is C29H33N3O5S2. The van der Waals surface area contributed by atoms with Crippen molar-refractivity contribution in [2.24, 2.45) is 0 Å². The first-order valence-electron chi connectivity index (χ1n) is 13.4. The Labute approximate surface area is 233 Å². The number of fused-ring (bicyclic) bond motifs is 1. The molecule has 1 fully saturated rings. The number of hydrogen-bond donors (Lipinski definition) is 1. The zero-order valence-electron chi connectivity index (χ0n) is 22.0. The number of hydrogen-bond acceptors (Lipinski definition) is 7. The predicted molar refractivity (Wildman–Crippen MR) is 152 cm³/mol. The van der Waals surface area contributed by atoms with E-state index in [9.17, 15) is 18.0 Å². The average molecular weight is 568 g/mol. The Bertz CT molecular complexity index is 1440. The summed E-state index contributed by atoms with van der Waals surface area (Å²) in [5.74, 6) is -0.644. The number of carbonyl (C=O) groups excluding carboxylic acids is 2. The number of rotatable bonds is 8. The van der Waals surface area contributed by atoms with Gasteiger partial charge in [0, 0.05) is 43.2 Å². The lowest BCUT2D eigenvalue weighted by atomic mass is 9.95. The summed E-state index contributed by atoms with van der Waals surface area (Å²) in [5.41, 5.74) is 3.00. The van der Waals surface area contributed by atoms with Gasteiger partial charge in [-0.3, -0.25) is 9.69 Å². The van der Waals surface area contributed by atoms with Crippen molar-refractivity contribution < 1.29 is 22.7 Å². The third kappa shape index (κ3) is 6.09. The lowest BCUT2D eigenvalue weighted by Crippen LogP contribution is -2.48. The maximum atomic E-state index is 13.2. The molecule has 1 aliphatic carbocycles. The number of benzene rings is 2. The number of aryl methyl sites for hydroxylation is 1. The van der Waals surface area contributed by atoms with Gasteiger partial charge in [-0.05, 0) is 68.0 Å². The summed E-state index contributed by atoms with van der Waals surface area (Å²) >= 11 is 1.48. The van der Waals surface area contributed by atoms with Gasteiger partial charge in [-0.15, -0.1) is 11.3 Å². The first kappa shape index (κ1) is 27.5. The molecule has 0 saturated carbocycles. The van der Waals surface area contributed by atoms with Gasteiger partial charge < -0.3 is 10.1 Å². The van der Waals surface area contributed by atoms with Crippen molar-refractivity contribution in [3.05, 3.63) is 81.7 Å². The highest BCUT2D eigenvalue weighted by Gasteiger charge is 2.29. The molecule has 2 aromatic carbocycles. The molecule has 3 aromatic rings. The number of amides is 1. The molecule has 2 aliphatic rings. The molecule has 1 amide bonds. The predicted octanol–water partition coefficient (Wildman–Crippen LogP) is 4.56. The van der Waals surface area contributed by atoms with Crippen LogP contribution in [0.4, 0.5) is 5.00 Å². The quantitative estimate of drug-likeness (QED) is 0.401. The van der Waals surface area contributed by atoms with Crippen molar-refractivity contribution >= 4 is 38.2 Å². The normalized spacial score (nSPS) is 16.4. The fourth-order valence-electron chi connectivity index (χ4n) is 5.19. The largest absolute Gasteiger partial charge is 0.462 e. The average Bonchev–Trinajstić information content (AvgIpc) is 3.32. The van der Waals surface area contributed by atoms with E-state index in [0.717, 1.165) is 41.7 Å². The van der Waals surface area contributed by atoms with Gasteiger partial charge in [0.05, 0.1) is 17.1 Å². The fraction of sp³-hybridized carbons (Fsp3) is 0.379. The maximum Gasteiger partial charge on any atom is 0.341 e. The summed E-state index contributed by atoms with van der Waals surface area (Å²) in [7, 11) is -3.50. The summed E-state index contributed by atoms with van der Waals surface area (Å²) in [4.78, 5) is 29.7. The molecule has 39 heavy (non-hydrogen) atoms. The number of nitrogens with zero attached hydrogens (tertiary/aromatic N) is 2. The van der Waals surface area contributed by atoms with Gasteiger partial charge in [-0.25, -0.2) is 13.2 Å². The van der Waals surface area contributed by atoms with Crippen LogP contribution in [0.2, 0.25) is 0 Å². The van der Waals surface area contributed by atoms with E-state index in [1.807, 2.05) is 18.2 Å². The van der Waals surface area contributed by atoms with Crippen molar-refractivity contribution in [2.45, 2.75) is 44.0 Å². The highest BCUT2D eigenvalue weighted by molar-refractivity contribution is 7.89.